The number of unbranched alkanes of at least 4 members (excludes halogenated alkanes) is 9. The fraction of sp³-hybridized carbons (Fsp3) is 0.895. The number of carboxylic acids is 2. The fourth-order valence-electron chi connectivity index (χ4n) is 2.36. The molecule has 0 aromatic rings. The number of nitrogens with two attached hydrogens (primary N) is 1. The van der Waals surface area contributed by atoms with Crippen molar-refractivity contribution in [1.82, 2.24) is 0 Å². The van der Waals surface area contributed by atoms with Crippen LogP contribution in [0.1, 0.15) is 96.8 Å². The lowest BCUT2D eigenvalue weighted by Crippen LogP contribution is -1.97. The van der Waals surface area contributed by atoms with Crippen molar-refractivity contribution in [3.8, 4) is 0 Å². The van der Waals surface area contributed by atoms with Crippen molar-refractivity contribution in [1.29, 1.82) is 0 Å². The van der Waals surface area contributed by atoms with Gasteiger partial charge in [0, 0.05) is 17.7 Å². The van der Waals surface area contributed by atoms with Crippen molar-refractivity contribution in [2.75, 3.05) is 6.54 Å². The second-order valence-corrected chi connectivity index (χ2v) is 8.10. The molecule has 150 valence electrons. The van der Waals surface area contributed by atoms with Crippen LogP contribution < -0.4 is 5.73 Å². The molecule has 0 aliphatic rings. The Bertz CT molecular complexity index is 312. The Morgan fingerprint density at radius 1 is 0.760 bits per heavy atom. The first-order valence-electron chi connectivity index (χ1n) is 9.67. The van der Waals surface area contributed by atoms with Gasteiger partial charge >= 0.3 is 11.9 Å². The van der Waals surface area contributed by atoms with Crippen molar-refractivity contribution in [2.24, 2.45) is 5.73 Å². The third kappa shape index (κ3) is 31.6. The zero-order chi connectivity index (χ0) is 19.3. The minimum atomic E-state index is -0.683. The second-order valence-electron chi connectivity index (χ2n) is 6.53. The number of aliphatic carboxylic acids is 2. The summed E-state index contributed by atoms with van der Waals surface area (Å²) in [5.41, 5.74) is 5.33. The van der Waals surface area contributed by atoms with Gasteiger partial charge in [0.2, 0.25) is 0 Å². The molecule has 5 nitrogen and oxygen atoms in total. The molecule has 1 unspecified atom stereocenters. The maximum atomic E-state index is 10.2. The average Bonchev–Trinajstić information content (AvgIpc) is 2.53. The highest BCUT2D eigenvalue weighted by Gasteiger charge is 1.98. The number of alkyl halides is 1. The monoisotopic (exact) mass is 423 g/mol. The third-order valence-corrected chi connectivity index (χ3v) is 4.30. The molecule has 0 saturated carbocycles. The van der Waals surface area contributed by atoms with E-state index in [4.69, 9.17) is 15.9 Å². The molecule has 0 aliphatic heterocycles. The Kier molecular flexibility index (Phi) is 22.8. The summed E-state index contributed by atoms with van der Waals surface area (Å²) in [6.07, 6.45) is 13.9. The molecule has 0 saturated heterocycles. The Hall–Kier alpha value is -0.620. The number of rotatable bonds is 16. The van der Waals surface area contributed by atoms with Gasteiger partial charge in [-0.05, 0) is 32.2 Å². The molecule has 0 spiro atoms. The van der Waals surface area contributed by atoms with Crippen LogP contribution in [0, 0.1) is 0 Å². The molecule has 0 bridgehead atoms. The standard InChI is InChI=1S/C10H19BrO2.C9H19NO2/c1-9(11)7-5-3-2-4-6-8-10(12)13;10-8-6-4-2-1-3-5-7-9(11)12/h9H,2-8H2,1H3,(H,12,13);1-8,10H2,(H,11,12). The molecular weight excluding hydrogens is 386 g/mol. The molecule has 0 aromatic heterocycles. The van der Waals surface area contributed by atoms with E-state index in [-0.39, 0.29) is 0 Å². The molecule has 4 N–H and O–H groups in total. The van der Waals surface area contributed by atoms with Crippen LogP contribution in [-0.2, 0) is 9.59 Å². The molecular formula is C19H38BrNO4. The number of carboxylic acid groups (broad SMARTS) is 2. The number of hydrogen-bond donors (Lipinski definition) is 3. The lowest BCUT2D eigenvalue weighted by molar-refractivity contribution is -0.138. The largest absolute Gasteiger partial charge is 0.481 e. The van der Waals surface area contributed by atoms with Gasteiger partial charge in [0.25, 0.3) is 0 Å². The Balaban J connectivity index is 0. The predicted octanol–water partition coefficient (Wildman–Crippen LogP) is 5.35. The highest BCUT2D eigenvalue weighted by Crippen LogP contribution is 2.12. The van der Waals surface area contributed by atoms with E-state index in [1.54, 1.807) is 0 Å². The van der Waals surface area contributed by atoms with E-state index in [0.717, 1.165) is 45.1 Å². The first-order chi connectivity index (χ1) is 11.9. The molecule has 0 radical (unpaired) electrons. The van der Waals surface area contributed by atoms with E-state index >= 15 is 0 Å². The van der Waals surface area contributed by atoms with Crippen molar-refractivity contribution >= 4 is 27.9 Å². The van der Waals surface area contributed by atoms with Gasteiger partial charge in [0.1, 0.15) is 0 Å². The van der Waals surface area contributed by atoms with Gasteiger partial charge in [-0.3, -0.25) is 9.59 Å². The SMILES string of the molecule is CC(Br)CCCCCCCC(=O)O.NCCCCCCCCC(=O)O. The molecule has 0 amide bonds. The summed E-state index contributed by atoms with van der Waals surface area (Å²) in [5, 5.41) is 16.7. The van der Waals surface area contributed by atoms with Crippen LogP contribution in [0.2, 0.25) is 0 Å². The van der Waals surface area contributed by atoms with Crippen LogP contribution in [0.15, 0.2) is 0 Å². The minimum Gasteiger partial charge on any atom is -0.481 e. The van der Waals surface area contributed by atoms with E-state index in [2.05, 4.69) is 22.9 Å². The van der Waals surface area contributed by atoms with Gasteiger partial charge in [-0.1, -0.05) is 74.2 Å². The predicted molar refractivity (Wildman–Crippen MR) is 107 cm³/mol. The van der Waals surface area contributed by atoms with Crippen LogP contribution >= 0.6 is 15.9 Å². The van der Waals surface area contributed by atoms with Gasteiger partial charge < -0.3 is 15.9 Å². The van der Waals surface area contributed by atoms with Gasteiger partial charge in [-0.2, -0.15) is 0 Å². The Morgan fingerprint density at radius 2 is 1.12 bits per heavy atom. The second kappa shape index (κ2) is 21.4. The van der Waals surface area contributed by atoms with Crippen molar-refractivity contribution in [3.63, 3.8) is 0 Å². The molecule has 25 heavy (non-hydrogen) atoms. The molecule has 0 aromatic carbocycles. The highest BCUT2D eigenvalue weighted by molar-refractivity contribution is 9.09. The van der Waals surface area contributed by atoms with Gasteiger partial charge in [0.05, 0.1) is 0 Å². The molecule has 0 aliphatic carbocycles. The summed E-state index contributed by atoms with van der Waals surface area (Å²) in [6, 6.07) is 0. The van der Waals surface area contributed by atoms with Gasteiger partial charge in [-0.25, -0.2) is 0 Å². The average molecular weight is 424 g/mol. The summed E-state index contributed by atoms with van der Waals surface area (Å²) < 4.78 is 0. The first-order valence-corrected chi connectivity index (χ1v) is 10.6. The normalized spacial score (nSPS) is 11.5. The summed E-state index contributed by atoms with van der Waals surface area (Å²) in [6.45, 7) is 2.93. The lowest BCUT2D eigenvalue weighted by Gasteiger charge is -2.02. The molecule has 0 heterocycles. The number of hydrogen-bond acceptors (Lipinski definition) is 3. The van der Waals surface area contributed by atoms with Crippen molar-refractivity contribution in [3.05, 3.63) is 0 Å². The smallest absolute Gasteiger partial charge is 0.303 e. The molecule has 0 rings (SSSR count). The van der Waals surface area contributed by atoms with Crippen LogP contribution in [0.3, 0.4) is 0 Å². The Morgan fingerprint density at radius 3 is 1.48 bits per heavy atom. The van der Waals surface area contributed by atoms with E-state index in [1.165, 1.54) is 38.5 Å². The van der Waals surface area contributed by atoms with Crippen LogP contribution in [-0.4, -0.2) is 33.5 Å². The fourth-order valence-corrected chi connectivity index (χ4v) is 2.68. The summed E-state index contributed by atoms with van der Waals surface area (Å²) in [5.74, 6) is -1.36. The van der Waals surface area contributed by atoms with E-state index in [1.807, 2.05) is 0 Å². The van der Waals surface area contributed by atoms with Crippen molar-refractivity contribution < 1.29 is 19.8 Å². The first kappa shape index (κ1) is 26.6. The van der Waals surface area contributed by atoms with E-state index in [0.29, 0.717) is 17.7 Å². The van der Waals surface area contributed by atoms with Crippen molar-refractivity contribution in [2.45, 2.75) is 102 Å². The topological polar surface area (TPSA) is 101 Å². The summed E-state index contributed by atoms with van der Waals surface area (Å²) >= 11 is 3.50. The van der Waals surface area contributed by atoms with E-state index < -0.39 is 11.9 Å². The van der Waals surface area contributed by atoms with Crippen LogP contribution in [0.25, 0.3) is 0 Å². The van der Waals surface area contributed by atoms with Crippen LogP contribution in [0.4, 0.5) is 0 Å². The van der Waals surface area contributed by atoms with Gasteiger partial charge in [-0.15, -0.1) is 0 Å². The summed E-state index contributed by atoms with van der Waals surface area (Å²) in [7, 11) is 0. The zero-order valence-electron chi connectivity index (χ0n) is 15.9. The third-order valence-electron chi connectivity index (χ3n) is 3.84. The Labute approximate surface area is 161 Å². The number of halogens is 1. The number of carbonyl (C=O) groups is 2. The maximum absolute atomic E-state index is 10.2. The zero-order valence-corrected chi connectivity index (χ0v) is 17.4. The lowest BCUT2D eigenvalue weighted by atomic mass is 10.1. The van der Waals surface area contributed by atoms with Gasteiger partial charge in [0.15, 0.2) is 0 Å². The molecule has 0 fully saturated rings. The van der Waals surface area contributed by atoms with Crippen LogP contribution in [0.5, 0.6) is 0 Å². The molecule has 6 heteroatoms. The summed E-state index contributed by atoms with van der Waals surface area (Å²) in [4.78, 5) is 20.9. The highest BCUT2D eigenvalue weighted by atomic mass is 79.9. The quantitative estimate of drug-likeness (QED) is 0.229. The van der Waals surface area contributed by atoms with E-state index in [9.17, 15) is 9.59 Å². The molecule has 1 atom stereocenters. The minimum absolute atomic E-state index is 0.316. The maximum Gasteiger partial charge on any atom is 0.303 e.